The van der Waals surface area contributed by atoms with Crippen molar-refractivity contribution in [3.63, 3.8) is 0 Å². The summed E-state index contributed by atoms with van der Waals surface area (Å²) in [6.45, 7) is 0. The number of carboxylic acid groups (broad SMARTS) is 1. The lowest BCUT2D eigenvalue weighted by Gasteiger charge is -2.22. The molecule has 21 heavy (non-hydrogen) atoms. The number of nitrogens with zero attached hydrogens (tertiary/aromatic N) is 1. The van der Waals surface area contributed by atoms with Crippen molar-refractivity contribution in [1.29, 1.82) is 0 Å². The Kier molecular flexibility index (Phi) is 3.93. The summed E-state index contributed by atoms with van der Waals surface area (Å²) < 4.78 is 14.0. The molecule has 1 saturated carbocycles. The highest BCUT2D eigenvalue weighted by Gasteiger charge is 2.21. The Hall–Kier alpha value is -1.49. The minimum atomic E-state index is -1.04. The maximum absolute atomic E-state index is 13.5. The molecule has 0 atom stereocenters. The molecule has 0 saturated heterocycles. The van der Waals surface area contributed by atoms with E-state index in [0.29, 0.717) is 21.3 Å². The van der Waals surface area contributed by atoms with Crippen molar-refractivity contribution in [2.24, 2.45) is 0 Å². The zero-order valence-electron chi connectivity index (χ0n) is 11.4. The molecule has 3 rings (SSSR count). The molecule has 1 heterocycles. The fraction of sp³-hybridized carbons (Fsp3) is 0.375. The van der Waals surface area contributed by atoms with Crippen LogP contribution in [-0.2, 0) is 0 Å². The van der Waals surface area contributed by atoms with E-state index in [9.17, 15) is 14.3 Å². The van der Waals surface area contributed by atoms with Crippen LogP contribution in [0.5, 0.6) is 0 Å². The van der Waals surface area contributed by atoms with Gasteiger partial charge in [-0.05, 0) is 47.0 Å². The third-order valence-electron chi connectivity index (χ3n) is 4.11. The smallest absolute Gasteiger partial charge is 0.336 e. The average molecular weight is 352 g/mol. The Morgan fingerprint density at radius 1 is 1.24 bits per heavy atom. The summed E-state index contributed by atoms with van der Waals surface area (Å²) in [5.74, 6) is -1.21. The first-order valence-electron chi connectivity index (χ1n) is 7.09. The quantitative estimate of drug-likeness (QED) is 0.838. The maximum Gasteiger partial charge on any atom is 0.336 e. The standard InChI is InChI=1S/C16H15BrFNO2/c17-13-7-10(18)6-11-12(16(20)21)8-14(19-15(11)13)9-4-2-1-3-5-9/h6-9H,1-5H2,(H,20,21). The summed E-state index contributed by atoms with van der Waals surface area (Å²) in [6, 6.07) is 4.18. The van der Waals surface area contributed by atoms with Crippen LogP contribution in [0.1, 0.15) is 54.1 Å². The molecule has 0 amide bonds. The normalized spacial score (nSPS) is 16.3. The van der Waals surface area contributed by atoms with E-state index in [1.54, 1.807) is 6.07 Å². The summed E-state index contributed by atoms with van der Waals surface area (Å²) in [5, 5.41) is 9.76. The molecule has 0 unspecified atom stereocenters. The van der Waals surface area contributed by atoms with Crippen molar-refractivity contribution in [2.75, 3.05) is 0 Å². The van der Waals surface area contributed by atoms with Crippen LogP contribution >= 0.6 is 15.9 Å². The van der Waals surface area contributed by atoms with Gasteiger partial charge in [-0.15, -0.1) is 0 Å². The van der Waals surface area contributed by atoms with Gasteiger partial charge in [0.05, 0.1) is 11.1 Å². The van der Waals surface area contributed by atoms with E-state index in [0.717, 1.165) is 31.4 Å². The van der Waals surface area contributed by atoms with Crippen LogP contribution in [0.15, 0.2) is 22.7 Å². The van der Waals surface area contributed by atoms with Gasteiger partial charge in [0.1, 0.15) is 5.82 Å². The average Bonchev–Trinajstić information content (AvgIpc) is 2.47. The van der Waals surface area contributed by atoms with Gasteiger partial charge in [-0.2, -0.15) is 0 Å². The van der Waals surface area contributed by atoms with Gasteiger partial charge >= 0.3 is 5.97 Å². The van der Waals surface area contributed by atoms with Crippen LogP contribution in [0.2, 0.25) is 0 Å². The first kappa shape index (κ1) is 14.4. The molecule has 0 bridgehead atoms. The van der Waals surface area contributed by atoms with Crippen molar-refractivity contribution in [3.8, 4) is 0 Å². The fourth-order valence-corrected chi connectivity index (χ4v) is 3.58. The molecule has 110 valence electrons. The monoisotopic (exact) mass is 351 g/mol. The van der Waals surface area contributed by atoms with Crippen LogP contribution in [-0.4, -0.2) is 16.1 Å². The van der Waals surface area contributed by atoms with E-state index >= 15 is 0 Å². The molecule has 2 aromatic rings. The number of hydrogen-bond acceptors (Lipinski definition) is 2. The van der Waals surface area contributed by atoms with Crippen molar-refractivity contribution in [3.05, 3.63) is 39.7 Å². The zero-order chi connectivity index (χ0) is 15.0. The molecule has 1 N–H and O–H groups in total. The Balaban J connectivity index is 2.21. The first-order valence-corrected chi connectivity index (χ1v) is 7.88. The second-order valence-corrected chi connectivity index (χ2v) is 6.37. The number of benzene rings is 1. The highest BCUT2D eigenvalue weighted by Crippen LogP contribution is 2.35. The molecule has 1 aliphatic carbocycles. The zero-order valence-corrected chi connectivity index (χ0v) is 13.0. The van der Waals surface area contributed by atoms with Gasteiger partial charge in [0.15, 0.2) is 0 Å². The van der Waals surface area contributed by atoms with E-state index < -0.39 is 11.8 Å². The van der Waals surface area contributed by atoms with Crippen LogP contribution in [0, 0.1) is 5.82 Å². The predicted octanol–water partition coefficient (Wildman–Crippen LogP) is 4.88. The minimum Gasteiger partial charge on any atom is -0.478 e. The van der Waals surface area contributed by atoms with Gasteiger partial charge in [0, 0.05) is 21.5 Å². The molecule has 1 aromatic heterocycles. The van der Waals surface area contributed by atoms with E-state index in [1.165, 1.54) is 18.6 Å². The largest absolute Gasteiger partial charge is 0.478 e. The Bertz CT molecular complexity index is 711. The summed E-state index contributed by atoms with van der Waals surface area (Å²) in [4.78, 5) is 16.1. The summed E-state index contributed by atoms with van der Waals surface area (Å²) in [7, 11) is 0. The topological polar surface area (TPSA) is 50.2 Å². The fourth-order valence-electron chi connectivity index (χ4n) is 3.06. The van der Waals surface area contributed by atoms with Crippen LogP contribution in [0.4, 0.5) is 4.39 Å². The number of pyridine rings is 1. The van der Waals surface area contributed by atoms with E-state index in [2.05, 4.69) is 20.9 Å². The van der Waals surface area contributed by atoms with Crippen molar-refractivity contribution >= 4 is 32.8 Å². The van der Waals surface area contributed by atoms with Crippen molar-refractivity contribution in [2.45, 2.75) is 38.0 Å². The highest BCUT2D eigenvalue weighted by atomic mass is 79.9. The van der Waals surface area contributed by atoms with Crippen LogP contribution in [0.25, 0.3) is 10.9 Å². The number of aromatic carboxylic acids is 1. The number of carbonyl (C=O) groups is 1. The number of fused-ring (bicyclic) bond motifs is 1. The molecular weight excluding hydrogens is 337 g/mol. The van der Waals surface area contributed by atoms with Crippen molar-refractivity contribution < 1.29 is 14.3 Å². The molecular formula is C16H15BrFNO2. The van der Waals surface area contributed by atoms with Gasteiger partial charge in [-0.3, -0.25) is 4.98 Å². The number of carboxylic acids is 1. The lowest BCUT2D eigenvalue weighted by atomic mass is 9.86. The Labute approximate surface area is 130 Å². The predicted molar refractivity (Wildman–Crippen MR) is 82.2 cm³/mol. The SMILES string of the molecule is O=C(O)c1cc(C2CCCCC2)nc2c(Br)cc(F)cc12. The second kappa shape index (κ2) is 5.72. The molecule has 5 heteroatoms. The lowest BCUT2D eigenvalue weighted by Crippen LogP contribution is -2.09. The van der Waals surface area contributed by atoms with Crippen LogP contribution < -0.4 is 0 Å². The highest BCUT2D eigenvalue weighted by molar-refractivity contribution is 9.10. The number of halogens is 2. The molecule has 0 aliphatic heterocycles. The third-order valence-corrected chi connectivity index (χ3v) is 4.71. The van der Waals surface area contributed by atoms with Gasteiger partial charge in [-0.1, -0.05) is 19.3 Å². The number of hydrogen-bond donors (Lipinski definition) is 1. The lowest BCUT2D eigenvalue weighted by molar-refractivity contribution is 0.0698. The summed E-state index contributed by atoms with van der Waals surface area (Å²) in [6.07, 6.45) is 5.60. The van der Waals surface area contributed by atoms with E-state index in [-0.39, 0.29) is 5.56 Å². The molecule has 1 fully saturated rings. The molecule has 0 spiro atoms. The van der Waals surface area contributed by atoms with Crippen molar-refractivity contribution in [1.82, 2.24) is 4.98 Å². The molecule has 1 aliphatic rings. The van der Waals surface area contributed by atoms with E-state index in [1.807, 2.05) is 0 Å². The third kappa shape index (κ3) is 2.79. The minimum absolute atomic E-state index is 0.126. The Morgan fingerprint density at radius 2 is 1.95 bits per heavy atom. The van der Waals surface area contributed by atoms with Gasteiger partial charge in [0.2, 0.25) is 0 Å². The number of rotatable bonds is 2. The van der Waals surface area contributed by atoms with Crippen LogP contribution in [0.3, 0.4) is 0 Å². The number of aromatic nitrogens is 1. The van der Waals surface area contributed by atoms with Gasteiger partial charge < -0.3 is 5.11 Å². The van der Waals surface area contributed by atoms with E-state index in [4.69, 9.17) is 0 Å². The second-order valence-electron chi connectivity index (χ2n) is 5.52. The molecule has 3 nitrogen and oxygen atoms in total. The van der Waals surface area contributed by atoms with Gasteiger partial charge in [-0.25, -0.2) is 9.18 Å². The summed E-state index contributed by atoms with van der Waals surface area (Å²) >= 11 is 3.29. The molecule has 0 radical (unpaired) electrons. The van der Waals surface area contributed by atoms with Gasteiger partial charge in [0.25, 0.3) is 0 Å². The maximum atomic E-state index is 13.5. The Morgan fingerprint density at radius 3 is 2.62 bits per heavy atom. The molecule has 1 aromatic carbocycles. The first-order chi connectivity index (χ1) is 10.1. The summed E-state index contributed by atoms with van der Waals surface area (Å²) in [5.41, 5.74) is 1.46.